The fourth-order valence-electron chi connectivity index (χ4n) is 3.15. The van der Waals surface area contributed by atoms with Crippen LogP contribution in [0.4, 0.5) is 8.78 Å². The largest absolute Gasteiger partial charge is 0.457 e. The van der Waals surface area contributed by atoms with Gasteiger partial charge in [0.25, 0.3) is 5.92 Å². The molecule has 7 heteroatoms. The third-order valence-electron chi connectivity index (χ3n) is 4.30. The predicted octanol–water partition coefficient (Wildman–Crippen LogP) is 4.06. The zero-order valence-electron chi connectivity index (χ0n) is 14.3. The Bertz CT molecular complexity index is 997. The molecule has 0 aliphatic heterocycles. The highest BCUT2D eigenvalue weighted by molar-refractivity contribution is 7.90. The van der Waals surface area contributed by atoms with Crippen molar-refractivity contribution in [3.8, 4) is 11.5 Å². The van der Waals surface area contributed by atoms with Gasteiger partial charge in [-0.3, -0.25) is 0 Å². The number of hydrogen-bond donors (Lipinski definition) is 1. The van der Waals surface area contributed by atoms with Crippen LogP contribution in [0.1, 0.15) is 28.4 Å². The minimum absolute atomic E-state index is 0.00656. The van der Waals surface area contributed by atoms with Crippen LogP contribution in [0.3, 0.4) is 0 Å². The lowest BCUT2D eigenvalue weighted by Crippen LogP contribution is -2.22. The number of aryl methyl sites for hydroxylation is 1. The van der Waals surface area contributed by atoms with Crippen LogP contribution >= 0.6 is 0 Å². The van der Waals surface area contributed by atoms with E-state index in [-0.39, 0.29) is 21.8 Å². The molecule has 1 N–H and O–H groups in total. The number of rotatable bonds is 4. The first kappa shape index (κ1) is 18.5. The minimum atomic E-state index is -3.78. The fraction of sp³-hybridized carbons (Fsp3) is 0.263. The second-order valence-electron chi connectivity index (χ2n) is 6.45. The first-order valence-electron chi connectivity index (χ1n) is 7.86. The van der Waals surface area contributed by atoms with Gasteiger partial charge >= 0.3 is 0 Å². The molecule has 3 rings (SSSR count). The lowest BCUT2D eigenvalue weighted by molar-refractivity contribution is -0.0976. The summed E-state index contributed by atoms with van der Waals surface area (Å²) in [7, 11) is -3.78. The van der Waals surface area contributed by atoms with Crippen LogP contribution in [-0.4, -0.2) is 25.7 Å². The molecule has 0 radical (unpaired) electrons. The zero-order chi connectivity index (χ0) is 19.3. The van der Waals surface area contributed by atoms with Crippen molar-refractivity contribution < 1.29 is 27.0 Å². The molecule has 0 saturated carbocycles. The molecule has 1 atom stereocenters. The average Bonchev–Trinajstić information content (AvgIpc) is 2.77. The molecule has 4 nitrogen and oxygen atoms in total. The molecule has 2 aromatic carbocycles. The summed E-state index contributed by atoms with van der Waals surface area (Å²) in [6.45, 7) is 5.55. The molecule has 0 aromatic heterocycles. The second kappa shape index (κ2) is 6.17. The number of halogens is 2. The van der Waals surface area contributed by atoms with Crippen LogP contribution in [-0.2, 0) is 16.3 Å². The van der Waals surface area contributed by atoms with Crippen LogP contribution in [0.15, 0.2) is 41.8 Å². The highest BCUT2D eigenvalue weighted by atomic mass is 32.2. The molecule has 138 valence electrons. The van der Waals surface area contributed by atoms with Crippen LogP contribution < -0.4 is 4.74 Å². The third kappa shape index (κ3) is 3.24. The molecule has 1 aliphatic rings. The topological polar surface area (TPSA) is 63.6 Å². The van der Waals surface area contributed by atoms with E-state index in [9.17, 15) is 22.3 Å². The molecule has 0 unspecified atom stereocenters. The van der Waals surface area contributed by atoms with Crippen molar-refractivity contribution in [1.82, 2.24) is 0 Å². The Morgan fingerprint density at radius 3 is 2.62 bits per heavy atom. The van der Waals surface area contributed by atoms with E-state index in [0.717, 1.165) is 17.4 Å². The smallest absolute Gasteiger partial charge is 0.281 e. The highest BCUT2D eigenvalue weighted by Crippen LogP contribution is 2.49. The first-order valence-corrected chi connectivity index (χ1v) is 9.76. The third-order valence-corrected chi connectivity index (χ3v) is 5.45. The van der Waals surface area contributed by atoms with Crippen molar-refractivity contribution >= 4 is 15.9 Å². The number of alkyl halides is 2. The Labute approximate surface area is 150 Å². The molecule has 1 aliphatic carbocycles. The van der Waals surface area contributed by atoms with E-state index in [4.69, 9.17) is 4.74 Å². The quantitative estimate of drug-likeness (QED) is 0.869. The summed E-state index contributed by atoms with van der Waals surface area (Å²) in [6.07, 6.45) is -0.424. The van der Waals surface area contributed by atoms with Crippen molar-refractivity contribution in [1.29, 1.82) is 0 Å². The van der Waals surface area contributed by atoms with E-state index in [1.807, 2.05) is 13.0 Å². The molecular formula is C19H18F2O4S. The van der Waals surface area contributed by atoms with E-state index in [1.54, 1.807) is 18.2 Å². The van der Waals surface area contributed by atoms with E-state index < -0.39 is 28.3 Å². The van der Waals surface area contributed by atoms with E-state index in [0.29, 0.717) is 5.75 Å². The first-order chi connectivity index (χ1) is 12.0. The van der Waals surface area contributed by atoms with Gasteiger partial charge in [-0.25, -0.2) is 17.2 Å². The van der Waals surface area contributed by atoms with Crippen LogP contribution in [0.5, 0.6) is 11.5 Å². The lowest BCUT2D eigenvalue weighted by atomic mass is 10.1. The van der Waals surface area contributed by atoms with Crippen molar-refractivity contribution in [2.24, 2.45) is 0 Å². The van der Waals surface area contributed by atoms with Gasteiger partial charge in [-0.1, -0.05) is 18.7 Å². The summed E-state index contributed by atoms with van der Waals surface area (Å²) in [5.41, 5.74) is 1.42. The number of benzene rings is 2. The molecular weight excluding hydrogens is 362 g/mol. The SMILES string of the molecule is C=Cc1cc(C)cc(Oc2ccc(S(C)(=O)=O)c3c2CC(F)(F)[C@H]3O)c1. The summed E-state index contributed by atoms with van der Waals surface area (Å²) in [4.78, 5) is -0.305. The normalized spacial score (nSPS) is 18.4. The molecule has 0 spiro atoms. The monoisotopic (exact) mass is 380 g/mol. The maximum atomic E-state index is 14.1. The van der Waals surface area contributed by atoms with Crippen LogP contribution in [0.2, 0.25) is 0 Å². The summed E-state index contributed by atoms with van der Waals surface area (Å²) in [6, 6.07) is 7.85. The summed E-state index contributed by atoms with van der Waals surface area (Å²) in [5, 5.41) is 9.99. The van der Waals surface area contributed by atoms with E-state index in [1.165, 1.54) is 12.1 Å². The van der Waals surface area contributed by atoms with Gasteiger partial charge in [0.15, 0.2) is 9.84 Å². The van der Waals surface area contributed by atoms with Crippen LogP contribution in [0, 0.1) is 6.92 Å². The molecule has 0 heterocycles. The van der Waals surface area contributed by atoms with Gasteiger partial charge in [-0.15, -0.1) is 0 Å². The van der Waals surface area contributed by atoms with Crippen molar-refractivity contribution in [3.63, 3.8) is 0 Å². The molecule has 0 amide bonds. The highest BCUT2D eigenvalue weighted by Gasteiger charge is 2.50. The van der Waals surface area contributed by atoms with Crippen molar-refractivity contribution in [2.75, 3.05) is 6.26 Å². The number of aliphatic hydroxyl groups is 1. The number of aliphatic hydroxyl groups excluding tert-OH is 1. The second-order valence-corrected chi connectivity index (χ2v) is 8.44. The Kier molecular flexibility index (Phi) is 4.40. The summed E-state index contributed by atoms with van der Waals surface area (Å²) >= 11 is 0. The number of hydrogen-bond acceptors (Lipinski definition) is 4. The van der Waals surface area contributed by atoms with E-state index in [2.05, 4.69) is 6.58 Å². The Morgan fingerprint density at radius 2 is 2.00 bits per heavy atom. The van der Waals surface area contributed by atoms with Gasteiger partial charge in [-0.2, -0.15) is 0 Å². The Balaban J connectivity index is 2.14. The van der Waals surface area contributed by atoms with Crippen molar-refractivity contribution in [2.45, 2.75) is 30.3 Å². The van der Waals surface area contributed by atoms with Gasteiger partial charge in [0.05, 0.1) is 4.90 Å². The molecule has 0 fully saturated rings. The predicted molar refractivity (Wildman–Crippen MR) is 94.5 cm³/mol. The minimum Gasteiger partial charge on any atom is -0.457 e. The number of ether oxygens (including phenoxy) is 1. The van der Waals surface area contributed by atoms with Gasteiger partial charge in [0.2, 0.25) is 0 Å². The number of fused-ring (bicyclic) bond motifs is 1. The molecule has 0 saturated heterocycles. The zero-order valence-corrected chi connectivity index (χ0v) is 15.1. The van der Waals surface area contributed by atoms with Crippen molar-refractivity contribution in [3.05, 3.63) is 59.2 Å². The molecule has 0 bridgehead atoms. The van der Waals surface area contributed by atoms with E-state index >= 15 is 0 Å². The lowest BCUT2D eigenvalue weighted by Gasteiger charge is -2.16. The number of sulfone groups is 1. The maximum Gasteiger partial charge on any atom is 0.281 e. The molecule has 26 heavy (non-hydrogen) atoms. The summed E-state index contributed by atoms with van der Waals surface area (Å²) < 4.78 is 57.8. The Hall–Kier alpha value is -2.25. The molecule has 2 aromatic rings. The Morgan fingerprint density at radius 1 is 1.31 bits per heavy atom. The van der Waals surface area contributed by atoms with Crippen LogP contribution in [0.25, 0.3) is 6.08 Å². The van der Waals surface area contributed by atoms with Gasteiger partial charge in [0, 0.05) is 23.8 Å². The van der Waals surface area contributed by atoms with Gasteiger partial charge < -0.3 is 9.84 Å². The van der Waals surface area contributed by atoms with Gasteiger partial charge in [-0.05, 0) is 42.3 Å². The average molecular weight is 380 g/mol. The summed E-state index contributed by atoms with van der Waals surface area (Å²) in [5.74, 6) is -2.94. The standard InChI is InChI=1S/C19H18F2O4S/c1-4-12-7-11(2)8-13(9-12)25-15-5-6-16(26(3,23)24)17-14(15)10-19(20,21)18(17)22/h4-9,18,22H,1,10H2,2-3H3/t18-/m0/s1. The van der Waals surface area contributed by atoms with Gasteiger partial charge in [0.1, 0.15) is 17.6 Å². The fourth-order valence-corrected chi connectivity index (χ4v) is 4.10. The maximum absolute atomic E-state index is 14.1.